The summed E-state index contributed by atoms with van der Waals surface area (Å²) >= 11 is 0. The van der Waals surface area contributed by atoms with Gasteiger partial charge in [-0.15, -0.1) is 0 Å². The molecule has 0 saturated heterocycles. The maximum absolute atomic E-state index is 12.8. The predicted molar refractivity (Wildman–Crippen MR) is 73.3 cm³/mol. The monoisotopic (exact) mass is 303 g/mol. The summed E-state index contributed by atoms with van der Waals surface area (Å²) in [5.74, 6) is -0.387. The Bertz CT molecular complexity index is 461. The van der Waals surface area contributed by atoms with Crippen LogP contribution < -0.4 is 10.1 Å². The van der Waals surface area contributed by atoms with Gasteiger partial charge < -0.3 is 10.1 Å². The van der Waals surface area contributed by atoms with Crippen molar-refractivity contribution in [2.75, 3.05) is 18.5 Å². The summed E-state index contributed by atoms with van der Waals surface area (Å²) in [7, 11) is 0. The Balaban J connectivity index is 2.02. The van der Waals surface area contributed by atoms with Crippen LogP contribution in [0.2, 0.25) is 0 Å². The lowest BCUT2D eigenvalue weighted by Crippen LogP contribution is -2.17. The molecule has 0 aromatic carbocycles. The first-order valence-electron chi connectivity index (χ1n) is 7.32. The van der Waals surface area contributed by atoms with Crippen molar-refractivity contribution >= 4 is 5.82 Å². The third kappa shape index (κ3) is 4.75. The number of halogens is 3. The van der Waals surface area contributed by atoms with Gasteiger partial charge in [-0.3, -0.25) is 0 Å². The zero-order chi connectivity index (χ0) is 15.3. The van der Waals surface area contributed by atoms with E-state index < -0.39 is 12.0 Å². The topological polar surface area (TPSA) is 47.0 Å². The van der Waals surface area contributed by atoms with Crippen LogP contribution >= 0.6 is 0 Å². The maximum Gasteiger partial charge on any atom is 0.451 e. The second kappa shape index (κ2) is 6.95. The van der Waals surface area contributed by atoms with E-state index in [9.17, 15) is 13.2 Å². The number of ether oxygens (including phenoxy) is 1. The Morgan fingerprint density at radius 2 is 2.10 bits per heavy atom. The molecule has 2 rings (SSSR count). The summed E-state index contributed by atoms with van der Waals surface area (Å²) in [6.07, 6.45) is 0.693. The van der Waals surface area contributed by atoms with Crippen LogP contribution in [0.3, 0.4) is 0 Å². The smallest absolute Gasteiger partial charge is 0.451 e. The molecule has 118 valence electrons. The van der Waals surface area contributed by atoms with Gasteiger partial charge in [0, 0.05) is 12.6 Å². The van der Waals surface area contributed by atoms with E-state index in [0.29, 0.717) is 19.1 Å². The van der Waals surface area contributed by atoms with E-state index >= 15 is 0 Å². The summed E-state index contributed by atoms with van der Waals surface area (Å²) in [5.41, 5.74) is 0. The zero-order valence-electron chi connectivity index (χ0n) is 12.0. The van der Waals surface area contributed by atoms with Gasteiger partial charge in [-0.05, 0) is 18.8 Å². The zero-order valence-corrected chi connectivity index (χ0v) is 12.0. The minimum Gasteiger partial charge on any atom is -0.478 e. The van der Waals surface area contributed by atoms with Crippen molar-refractivity contribution in [3.8, 4) is 5.88 Å². The van der Waals surface area contributed by atoms with Gasteiger partial charge in [-0.2, -0.15) is 18.2 Å². The Kier molecular flexibility index (Phi) is 5.25. The van der Waals surface area contributed by atoms with Crippen molar-refractivity contribution in [1.82, 2.24) is 9.97 Å². The molecule has 1 aliphatic carbocycles. The van der Waals surface area contributed by atoms with Gasteiger partial charge in [0.15, 0.2) is 0 Å². The van der Waals surface area contributed by atoms with E-state index in [2.05, 4.69) is 15.3 Å². The quantitative estimate of drug-likeness (QED) is 0.830. The molecule has 1 saturated carbocycles. The van der Waals surface area contributed by atoms with Crippen LogP contribution in [0.25, 0.3) is 0 Å². The van der Waals surface area contributed by atoms with Crippen LogP contribution in [0.5, 0.6) is 5.88 Å². The standard InChI is InChI=1S/C14H20F3N3O/c1-2-7-18-11-9-12(20-13(19-11)14(15,16)17)21-8-6-10-4-3-5-10/h9-10H,2-8H2,1H3,(H,18,19,20). The fraction of sp³-hybridized carbons (Fsp3) is 0.714. The Hall–Kier alpha value is -1.53. The van der Waals surface area contributed by atoms with Gasteiger partial charge in [0.1, 0.15) is 5.82 Å². The molecule has 0 bridgehead atoms. The summed E-state index contributed by atoms with van der Waals surface area (Å²) in [4.78, 5) is 6.94. The number of rotatable bonds is 7. The van der Waals surface area contributed by atoms with Gasteiger partial charge in [0.25, 0.3) is 0 Å². The van der Waals surface area contributed by atoms with Gasteiger partial charge in [-0.1, -0.05) is 26.2 Å². The molecule has 1 fully saturated rings. The maximum atomic E-state index is 12.8. The average Bonchev–Trinajstić information content (AvgIpc) is 2.38. The molecule has 1 aromatic rings. The highest BCUT2D eigenvalue weighted by Crippen LogP contribution is 2.31. The minimum atomic E-state index is -4.57. The van der Waals surface area contributed by atoms with Crippen LogP contribution in [-0.2, 0) is 6.18 Å². The summed E-state index contributed by atoms with van der Waals surface area (Å²) in [6.45, 7) is 2.87. The summed E-state index contributed by atoms with van der Waals surface area (Å²) in [6, 6.07) is 1.42. The van der Waals surface area contributed by atoms with Gasteiger partial charge in [0.2, 0.25) is 11.7 Å². The van der Waals surface area contributed by atoms with Gasteiger partial charge in [0.05, 0.1) is 6.61 Å². The lowest BCUT2D eigenvalue weighted by Gasteiger charge is -2.24. The number of anilines is 1. The van der Waals surface area contributed by atoms with E-state index in [0.717, 1.165) is 12.8 Å². The number of aromatic nitrogens is 2. The van der Waals surface area contributed by atoms with Crippen LogP contribution in [-0.4, -0.2) is 23.1 Å². The van der Waals surface area contributed by atoms with Crippen molar-refractivity contribution in [3.63, 3.8) is 0 Å². The molecule has 1 N–H and O–H groups in total. The van der Waals surface area contributed by atoms with E-state index in [1.54, 1.807) is 0 Å². The van der Waals surface area contributed by atoms with Crippen LogP contribution in [0.15, 0.2) is 6.07 Å². The molecule has 1 heterocycles. The molecular formula is C14H20F3N3O. The Morgan fingerprint density at radius 3 is 2.67 bits per heavy atom. The van der Waals surface area contributed by atoms with Crippen LogP contribution in [0.1, 0.15) is 44.9 Å². The first-order chi connectivity index (χ1) is 9.99. The minimum absolute atomic E-state index is 0.0183. The highest BCUT2D eigenvalue weighted by molar-refractivity contribution is 5.38. The lowest BCUT2D eigenvalue weighted by atomic mass is 9.83. The Labute approximate surface area is 122 Å². The molecule has 0 atom stereocenters. The van der Waals surface area contributed by atoms with Crippen molar-refractivity contribution in [3.05, 3.63) is 11.9 Å². The average molecular weight is 303 g/mol. The van der Waals surface area contributed by atoms with E-state index in [4.69, 9.17) is 4.74 Å². The van der Waals surface area contributed by atoms with Crippen LogP contribution in [0, 0.1) is 5.92 Å². The van der Waals surface area contributed by atoms with Crippen LogP contribution in [0.4, 0.5) is 19.0 Å². The first kappa shape index (κ1) is 15.9. The molecule has 1 aromatic heterocycles. The number of hydrogen-bond acceptors (Lipinski definition) is 4. The number of nitrogens with zero attached hydrogens (tertiary/aromatic N) is 2. The molecule has 4 nitrogen and oxygen atoms in total. The van der Waals surface area contributed by atoms with Gasteiger partial charge >= 0.3 is 6.18 Å². The molecule has 7 heteroatoms. The molecule has 21 heavy (non-hydrogen) atoms. The molecule has 0 aliphatic heterocycles. The number of nitrogens with one attached hydrogen (secondary N) is 1. The molecule has 0 radical (unpaired) electrons. The van der Waals surface area contributed by atoms with E-state index in [1.165, 1.54) is 25.3 Å². The van der Waals surface area contributed by atoms with Crippen molar-refractivity contribution in [1.29, 1.82) is 0 Å². The highest BCUT2D eigenvalue weighted by Gasteiger charge is 2.35. The van der Waals surface area contributed by atoms with Crippen molar-refractivity contribution in [2.45, 2.75) is 45.2 Å². The molecule has 0 spiro atoms. The lowest BCUT2D eigenvalue weighted by molar-refractivity contribution is -0.145. The third-order valence-corrected chi connectivity index (χ3v) is 3.51. The summed E-state index contributed by atoms with van der Waals surface area (Å²) in [5, 5.41) is 2.84. The summed E-state index contributed by atoms with van der Waals surface area (Å²) < 4.78 is 43.7. The molecule has 0 amide bonds. The number of alkyl halides is 3. The SMILES string of the molecule is CCCNc1cc(OCCC2CCC2)nc(C(F)(F)F)n1. The van der Waals surface area contributed by atoms with Gasteiger partial charge in [-0.25, -0.2) is 4.98 Å². The second-order valence-electron chi connectivity index (χ2n) is 5.27. The largest absolute Gasteiger partial charge is 0.478 e. The predicted octanol–water partition coefficient (Wildman–Crippen LogP) is 3.89. The molecular weight excluding hydrogens is 283 g/mol. The highest BCUT2D eigenvalue weighted by atomic mass is 19.4. The van der Waals surface area contributed by atoms with E-state index in [1.807, 2.05) is 6.92 Å². The van der Waals surface area contributed by atoms with Crippen molar-refractivity contribution < 1.29 is 17.9 Å². The molecule has 0 unspecified atom stereocenters. The molecule has 1 aliphatic rings. The Morgan fingerprint density at radius 1 is 1.33 bits per heavy atom. The van der Waals surface area contributed by atoms with Crippen molar-refractivity contribution in [2.24, 2.45) is 5.92 Å². The normalized spacial score (nSPS) is 15.6. The number of hydrogen-bond donors (Lipinski definition) is 1. The third-order valence-electron chi connectivity index (χ3n) is 3.51. The fourth-order valence-electron chi connectivity index (χ4n) is 2.08. The second-order valence-corrected chi connectivity index (χ2v) is 5.27. The first-order valence-corrected chi connectivity index (χ1v) is 7.32. The fourth-order valence-corrected chi connectivity index (χ4v) is 2.08. The van der Waals surface area contributed by atoms with E-state index in [-0.39, 0.29) is 11.7 Å².